The van der Waals surface area contributed by atoms with Gasteiger partial charge in [0.1, 0.15) is 12.2 Å². The van der Waals surface area contributed by atoms with Gasteiger partial charge in [-0.2, -0.15) is 0 Å². The number of nitrogens with zero attached hydrogens (tertiary/aromatic N) is 3. The van der Waals surface area contributed by atoms with E-state index in [0.717, 1.165) is 18.9 Å². The van der Waals surface area contributed by atoms with E-state index < -0.39 is 0 Å². The van der Waals surface area contributed by atoms with Gasteiger partial charge in [0.15, 0.2) is 0 Å². The maximum Gasteiger partial charge on any atom is 0.135 e. The predicted octanol–water partition coefficient (Wildman–Crippen LogP) is 1.49. The smallest absolute Gasteiger partial charge is 0.135 e. The highest BCUT2D eigenvalue weighted by Crippen LogP contribution is 2.24. The minimum absolute atomic E-state index is 0.432. The van der Waals surface area contributed by atoms with Crippen molar-refractivity contribution in [1.29, 1.82) is 0 Å². The van der Waals surface area contributed by atoms with E-state index in [9.17, 15) is 0 Å². The van der Waals surface area contributed by atoms with Gasteiger partial charge in [-0.25, -0.2) is 0 Å². The molecule has 1 fully saturated rings. The Morgan fingerprint density at radius 3 is 3.14 bits per heavy atom. The average molecular weight is 195 g/mol. The van der Waals surface area contributed by atoms with Gasteiger partial charge in [0.05, 0.1) is 6.10 Å². The molecule has 1 aliphatic heterocycles. The zero-order valence-electron chi connectivity index (χ0n) is 8.81. The highest BCUT2D eigenvalue weighted by atomic mass is 16.5. The Kier molecular flexibility index (Phi) is 2.82. The molecular formula is C10H17N3O. The Morgan fingerprint density at radius 1 is 1.71 bits per heavy atom. The molecule has 2 atom stereocenters. The van der Waals surface area contributed by atoms with E-state index in [2.05, 4.69) is 17.1 Å². The molecule has 0 amide bonds. The number of hydrogen-bond donors (Lipinski definition) is 0. The molecule has 0 saturated carbocycles. The van der Waals surface area contributed by atoms with E-state index in [1.807, 2.05) is 11.6 Å². The molecule has 0 bridgehead atoms. The number of ether oxygens (including phenoxy) is 1. The van der Waals surface area contributed by atoms with Crippen molar-refractivity contribution >= 4 is 0 Å². The Hall–Kier alpha value is -0.900. The van der Waals surface area contributed by atoms with Gasteiger partial charge in [-0.1, -0.05) is 6.92 Å². The monoisotopic (exact) mass is 195 g/mol. The molecule has 1 saturated heterocycles. The molecule has 0 aliphatic carbocycles. The van der Waals surface area contributed by atoms with Crippen molar-refractivity contribution in [2.45, 2.75) is 38.2 Å². The fourth-order valence-corrected chi connectivity index (χ4v) is 2.07. The molecular weight excluding hydrogens is 178 g/mol. The van der Waals surface area contributed by atoms with Gasteiger partial charge < -0.3 is 9.30 Å². The molecule has 2 heterocycles. The summed E-state index contributed by atoms with van der Waals surface area (Å²) in [5.74, 6) is 1.49. The number of hydrogen-bond acceptors (Lipinski definition) is 3. The lowest BCUT2D eigenvalue weighted by Crippen LogP contribution is -2.12. The Bertz CT molecular complexity index is 291. The summed E-state index contributed by atoms with van der Waals surface area (Å²) in [5, 5.41) is 8.00. The van der Waals surface area contributed by atoms with Crippen molar-refractivity contribution in [3.8, 4) is 0 Å². The summed E-state index contributed by atoms with van der Waals surface area (Å²) >= 11 is 0. The van der Waals surface area contributed by atoms with Crippen LogP contribution in [0.1, 0.15) is 37.9 Å². The molecule has 1 aromatic rings. The van der Waals surface area contributed by atoms with E-state index in [0.29, 0.717) is 12.0 Å². The van der Waals surface area contributed by atoms with Crippen molar-refractivity contribution < 1.29 is 4.74 Å². The zero-order valence-corrected chi connectivity index (χ0v) is 8.81. The second kappa shape index (κ2) is 4.09. The lowest BCUT2D eigenvalue weighted by molar-refractivity contribution is 0.0983. The third-order valence-electron chi connectivity index (χ3n) is 2.83. The maximum atomic E-state index is 5.60. The second-order valence-electron chi connectivity index (χ2n) is 4.07. The first kappa shape index (κ1) is 9.65. The van der Waals surface area contributed by atoms with Crippen LogP contribution in [0.2, 0.25) is 0 Å². The zero-order chi connectivity index (χ0) is 9.97. The molecule has 2 unspecified atom stereocenters. The first-order valence-corrected chi connectivity index (χ1v) is 5.23. The summed E-state index contributed by atoms with van der Waals surface area (Å²) in [5.41, 5.74) is 0. The van der Waals surface area contributed by atoms with Gasteiger partial charge in [0.25, 0.3) is 0 Å². The number of aromatic nitrogens is 3. The normalized spacial score (nSPS) is 24.0. The molecule has 78 valence electrons. The second-order valence-corrected chi connectivity index (χ2v) is 4.07. The van der Waals surface area contributed by atoms with Gasteiger partial charge in [-0.3, -0.25) is 0 Å². The topological polar surface area (TPSA) is 39.9 Å². The minimum atomic E-state index is 0.432. The van der Waals surface area contributed by atoms with Crippen LogP contribution < -0.4 is 0 Å². The van der Waals surface area contributed by atoms with Gasteiger partial charge in [-0.05, 0) is 19.3 Å². The molecule has 0 N–H and O–H groups in total. The molecule has 4 heteroatoms. The summed E-state index contributed by atoms with van der Waals surface area (Å²) in [4.78, 5) is 0. The molecule has 1 aliphatic rings. The summed E-state index contributed by atoms with van der Waals surface area (Å²) in [6, 6.07) is 0. The Balaban J connectivity index is 1.95. The van der Waals surface area contributed by atoms with Crippen molar-refractivity contribution in [3.05, 3.63) is 12.2 Å². The van der Waals surface area contributed by atoms with Crippen LogP contribution >= 0.6 is 0 Å². The lowest BCUT2D eigenvalue weighted by atomic mass is 10.0. The molecule has 4 nitrogen and oxygen atoms in total. The highest BCUT2D eigenvalue weighted by molar-refractivity contribution is 4.94. The summed E-state index contributed by atoms with van der Waals surface area (Å²) in [6.07, 6.45) is 5.65. The third kappa shape index (κ3) is 1.95. The van der Waals surface area contributed by atoms with Crippen LogP contribution in [0.15, 0.2) is 6.33 Å². The maximum absolute atomic E-state index is 5.60. The largest absolute Gasteiger partial charge is 0.378 e. The van der Waals surface area contributed by atoms with Gasteiger partial charge in [-0.15, -0.1) is 10.2 Å². The van der Waals surface area contributed by atoms with Crippen LogP contribution in [-0.2, 0) is 11.8 Å². The SMILES string of the molecule is CC(CC1CCCO1)c1nncn1C. The van der Waals surface area contributed by atoms with E-state index in [-0.39, 0.29) is 0 Å². The quantitative estimate of drug-likeness (QED) is 0.733. The molecule has 0 radical (unpaired) electrons. The van der Waals surface area contributed by atoms with Crippen LogP contribution in [0.3, 0.4) is 0 Å². The van der Waals surface area contributed by atoms with Crippen LogP contribution in [0, 0.1) is 0 Å². The molecule has 2 rings (SSSR count). The van der Waals surface area contributed by atoms with Crippen molar-refractivity contribution in [3.63, 3.8) is 0 Å². The first-order chi connectivity index (χ1) is 6.77. The summed E-state index contributed by atoms with van der Waals surface area (Å²) in [7, 11) is 1.99. The Morgan fingerprint density at radius 2 is 2.57 bits per heavy atom. The van der Waals surface area contributed by atoms with Crippen LogP contribution in [0.4, 0.5) is 0 Å². The van der Waals surface area contributed by atoms with E-state index >= 15 is 0 Å². The third-order valence-corrected chi connectivity index (χ3v) is 2.83. The molecule has 14 heavy (non-hydrogen) atoms. The fraction of sp³-hybridized carbons (Fsp3) is 0.800. The molecule has 1 aromatic heterocycles. The predicted molar refractivity (Wildman–Crippen MR) is 53.0 cm³/mol. The summed E-state index contributed by atoms with van der Waals surface area (Å²) in [6.45, 7) is 3.11. The Labute approximate surface area is 84.3 Å². The van der Waals surface area contributed by atoms with Crippen molar-refractivity contribution in [1.82, 2.24) is 14.8 Å². The van der Waals surface area contributed by atoms with Crippen LogP contribution in [0.5, 0.6) is 0 Å². The van der Waals surface area contributed by atoms with E-state index in [1.54, 1.807) is 6.33 Å². The van der Waals surface area contributed by atoms with Crippen LogP contribution in [0.25, 0.3) is 0 Å². The first-order valence-electron chi connectivity index (χ1n) is 5.23. The number of rotatable bonds is 3. The van der Waals surface area contributed by atoms with Crippen molar-refractivity contribution in [2.24, 2.45) is 7.05 Å². The minimum Gasteiger partial charge on any atom is -0.378 e. The summed E-state index contributed by atoms with van der Waals surface area (Å²) < 4.78 is 7.59. The van der Waals surface area contributed by atoms with E-state index in [1.165, 1.54) is 12.8 Å². The van der Waals surface area contributed by atoms with Gasteiger partial charge >= 0.3 is 0 Å². The number of aryl methyl sites for hydroxylation is 1. The fourth-order valence-electron chi connectivity index (χ4n) is 2.07. The average Bonchev–Trinajstić information content (AvgIpc) is 2.75. The van der Waals surface area contributed by atoms with Gasteiger partial charge in [0, 0.05) is 19.6 Å². The molecule has 0 spiro atoms. The van der Waals surface area contributed by atoms with Gasteiger partial charge in [0.2, 0.25) is 0 Å². The van der Waals surface area contributed by atoms with Crippen molar-refractivity contribution in [2.75, 3.05) is 6.61 Å². The highest BCUT2D eigenvalue weighted by Gasteiger charge is 2.21. The van der Waals surface area contributed by atoms with Crippen LogP contribution in [-0.4, -0.2) is 27.5 Å². The van der Waals surface area contributed by atoms with E-state index in [4.69, 9.17) is 4.74 Å². The lowest BCUT2D eigenvalue weighted by Gasteiger charge is -2.14. The standard InChI is InChI=1S/C10H17N3O/c1-8(6-9-4-3-5-14-9)10-12-11-7-13(10)2/h7-9H,3-6H2,1-2H3. The molecule has 0 aromatic carbocycles.